The van der Waals surface area contributed by atoms with Crippen LogP contribution in [-0.2, 0) is 24.0 Å². The van der Waals surface area contributed by atoms with Crippen LogP contribution >= 0.6 is 21.6 Å². The van der Waals surface area contributed by atoms with Crippen molar-refractivity contribution in [2.75, 3.05) is 18.9 Å². The van der Waals surface area contributed by atoms with Crippen molar-refractivity contribution in [3.05, 3.63) is 24.4 Å². The molecule has 184 valence electrons. The van der Waals surface area contributed by atoms with Crippen molar-refractivity contribution in [3.8, 4) is 0 Å². The lowest BCUT2D eigenvalue weighted by atomic mass is 9.92. The van der Waals surface area contributed by atoms with Gasteiger partial charge in [0.05, 0.1) is 19.2 Å². The van der Waals surface area contributed by atoms with E-state index < -0.39 is 48.9 Å². The van der Waals surface area contributed by atoms with E-state index in [9.17, 15) is 24.6 Å². The first-order valence-electron chi connectivity index (χ1n) is 10.1. The molecule has 1 aliphatic rings. The third-order valence-electron chi connectivity index (χ3n) is 4.72. The molecular formula is C19H27N3O9S2. The molecule has 4 unspecified atom stereocenters. The van der Waals surface area contributed by atoms with Crippen LogP contribution in [0.1, 0.15) is 19.3 Å². The van der Waals surface area contributed by atoms with E-state index in [0.717, 1.165) is 5.03 Å². The first kappa shape index (κ1) is 27.3. The minimum Gasteiger partial charge on any atom is -0.394 e. The molecule has 14 heteroatoms. The number of aliphatic hydroxyl groups is 3. The van der Waals surface area contributed by atoms with E-state index in [0.29, 0.717) is 5.75 Å². The molecule has 1 aromatic rings. The number of aromatic nitrogens is 1. The minimum atomic E-state index is -1.63. The highest BCUT2D eigenvalue weighted by molar-refractivity contribution is 8.76. The number of pyridine rings is 1. The maximum absolute atomic E-state index is 12.3. The normalized spacial score (nSPS) is 22.1. The highest BCUT2D eigenvalue weighted by Gasteiger charge is 2.42. The Hall–Kier alpha value is -1.94. The zero-order valence-corrected chi connectivity index (χ0v) is 19.2. The van der Waals surface area contributed by atoms with E-state index in [4.69, 9.17) is 15.1 Å². The smallest absolute Gasteiger partial charge is 0.370 e. The van der Waals surface area contributed by atoms with Crippen LogP contribution in [0.2, 0.25) is 0 Å². The minimum absolute atomic E-state index is 0.0697. The van der Waals surface area contributed by atoms with Crippen molar-refractivity contribution in [3.63, 3.8) is 0 Å². The molecule has 1 fully saturated rings. The molecule has 5 atom stereocenters. The van der Waals surface area contributed by atoms with Crippen molar-refractivity contribution in [2.45, 2.75) is 54.7 Å². The van der Waals surface area contributed by atoms with Crippen LogP contribution < -0.4 is 10.6 Å². The number of nitrogens with one attached hydrogen (secondary N) is 2. The van der Waals surface area contributed by atoms with Gasteiger partial charge in [0.1, 0.15) is 23.3 Å². The number of rotatable bonds is 12. The molecule has 6 N–H and O–H groups in total. The Balaban J connectivity index is 1.77. The monoisotopic (exact) mass is 505 g/mol. The van der Waals surface area contributed by atoms with E-state index in [1.165, 1.54) is 21.6 Å². The summed E-state index contributed by atoms with van der Waals surface area (Å²) in [6.45, 7) is -1.09. The molecule has 1 aromatic heterocycles. The molecule has 0 spiro atoms. The van der Waals surface area contributed by atoms with Crippen LogP contribution in [0.5, 0.6) is 0 Å². The number of ether oxygens (including phenoxy) is 1. The third kappa shape index (κ3) is 9.08. The zero-order valence-electron chi connectivity index (χ0n) is 17.5. The van der Waals surface area contributed by atoms with Crippen LogP contribution in [0.15, 0.2) is 29.4 Å². The molecule has 1 aliphatic heterocycles. The lowest BCUT2D eigenvalue weighted by molar-refractivity contribution is -0.253. The summed E-state index contributed by atoms with van der Waals surface area (Å²) >= 11 is 0. The van der Waals surface area contributed by atoms with Gasteiger partial charge in [0, 0.05) is 18.4 Å². The number of nitrogens with zero attached hydrogens (tertiary/aromatic N) is 1. The molecule has 33 heavy (non-hydrogen) atoms. The van der Waals surface area contributed by atoms with E-state index in [-0.39, 0.29) is 31.7 Å². The fourth-order valence-electron chi connectivity index (χ4n) is 3.04. The Bertz CT molecular complexity index is 774. The molecule has 0 aromatic carbocycles. The van der Waals surface area contributed by atoms with E-state index in [1.54, 1.807) is 6.20 Å². The van der Waals surface area contributed by atoms with E-state index in [1.807, 2.05) is 18.2 Å². The molecule has 12 nitrogen and oxygen atoms in total. The standard InChI is InChI=1S/C19H27N3O9S2/c23-10-12(24)17(27)18-11(4-5-13(30-18)19(28)31-29)22-15(26)9-21-14(25)6-8-32-33-16-3-1-2-7-20-16/h1-3,7,11-13,17-18,23-24,27,29H,4-6,8-10H2,(H,21,25)(H,22,26)/t11?,12-,13?,17?,18?/m1/s1. The van der Waals surface area contributed by atoms with Crippen molar-refractivity contribution in [1.29, 1.82) is 0 Å². The van der Waals surface area contributed by atoms with Crippen molar-refractivity contribution in [2.24, 2.45) is 0 Å². The Labute approximate surface area is 197 Å². The van der Waals surface area contributed by atoms with Crippen LogP contribution in [-0.4, -0.2) is 92.7 Å². The number of carbonyl (C=O) groups excluding carboxylic acids is 3. The van der Waals surface area contributed by atoms with Gasteiger partial charge in [-0.25, -0.2) is 9.78 Å². The topological polar surface area (TPSA) is 188 Å². The molecule has 0 aliphatic carbocycles. The summed E-state index contributed by atoms with van der Waals surface area (Å²) < 4.78 is 5.40. The highest BCUT2D eigenvalue weighted by Crippen LogP contribution is 2.29. The van der Waals surface area contributed by atoms with Crippen molar-refractivity contribution < 1.29 is 44.6 Å². The van der Waals surface area contributed by atoms with E-state index >= 15 is 0 Å². The van der Waals surface area contributed by atoms with Gasteiger partial charge in [-0.1, -0.05) is 16.9 Å². The number of hydrogen-bond donors (Lipinski definition) is 6. The Kier molecular flexibility index (Phi) is 11.9. The first-order valence-corrected chi connectivity index (χ1v) is 12.4. The van der Waals surface area contributed by atoms with Crippen molar-refractivity contribution >= 4 is 39.4 Å². The Morgan fingerprint density at radius 2 is 2.03 bits per heavy atom. The molecule has 2 heterocycles. The quantitative estimate of drug-likeness (QED) is 0.0890. The van der Waals surface area contributed by atoms with Gasteiger partial charge in [-0.15, -0.1) is 0 Å². The van der Waals surface area contributed by atoms with Gasteiger partial charge in [0.25, 0.3) is 0 Å². The second-order valence-corrected chi connectivity index (χ2v) is 9.53. The van der Waals surface area contributed by atoms with Crippen LogP contribution in [0.4, 0.5) is 0 Å². The summed E-state index contributed by atoms with van der Waals surface area (Å²) in [4.78, 5) is 43.6. The average Bonchev–Trinajstić information content (AvgIpc) is 2.84. The molecule has 0 radical (unpaired) electrons. The second kappa shape index (κ2) is 14.3. The molecule has 1 saturated heterocycles. The molecular weight excluding hydrogens is 478 g/mol. The molecule has 2 rings (SSSR count). The van der Waals surface area contributed by atoms with Gasteiger partial charge >= 0.3 is 5.97 Å². The van der Waals surface area contributed by atoms with Crippen LogP contribution in [0.25, 0.3) is 0 Å². The fourth-order valence-corrected chi connectivity index (χ4v) is 4.91. The lowest BCUT2D eigenvalue weighted by Gasteiger charge is -2.39. The van der Waals surface area contributed by atoms with Gasteiger partial charge in [-0.3, -0.25) is 14.5 Å². The van der Waals surface area contributed by atoms with Crippen LogP contribution in [0, 0.1) is 0 Å². The molecule has 0 saturated carbocycles. The van der Waals surface area contributed by atoms with E-state index in [2.05, 4.69) is 20.5 Å². The zero-order chi connectivity index (χ0) is 24.2. The maximum atomic E-state index is 12.3. The summed E-state index contributed by atoms with van der Waals surface area (Å²) in [5.74, 6) is -1.45. The van der Waals surface area contributed by atoms with Gasteiger partial charge < -0.3 is 30.7 Å². The summed E-state index contributed by atoms with van der Waals surface area (Å²) in [6.07, 6.45) is -3.59. The predicted molar refractivity (Wildman–Crippen MR) is 118 cm³/mol. The van der Waals surface area contributed by atoms with Gasteiger partial charge in [0.15, 0.2) is 6.10 Å². The van der Waals surface area contributed by atoms with Gasteiger partial charge in [-0.2, -0.15) is 5.26 Å². The summed E-state index contributed by atoms with van der Waals surface area (Å²) in [7, 11) is 2.90. The second-order valence-electron chi connectivity index (χ2n) is 7.09. The summed E-state index contributed by atoms with van der Waals surface area (Å²) in [5, 5.41) is 43.5. The lowest BCUT2D eigenvalue weighted by Crippen LogP contribution is -2.59. The number of amides is 2. The van der Waals surface area contributed by atoms with Crippen molar-refractivity contribution in [1.82, 2.24) is 15.6 Å². The largest absolute Gasteiger partial charge is 0.394 e. The molecule has 2 amide bonds. The summed E-state index contributed by atoms with van der Waals surface area (Å²) in [6, 6.07) is 4.71. The SMILES string of the molecule is O=C(CCSSc1ccccn1)NCC(=O)NC1CCC(C(=O)OO)OC1C(O)[C@H](O)CO. The number of carbonyl (C=O) groups is 3. The molecule has 0 bridgehead atoms. The fraction of sp³-hybridized carbons (Fsp3) is 0.579. The van der Waals surface area contributed by atoms with Gasteiger partial charge in [0.2, 0.25) is 11.8 Å². The first-order chi connectivity index (χ1) is 15.8. The third-order valence-corrected chi connectivity index (χ3v) is 6.98. The average molecular weight is 506 g/mol. The van der Waals surface area contributed by atoms with Crippen LogP contribution in [0.3, 0.4) is 0 Å². The predicted octanol–water partition coefficient (Wildman–Crippen LogP) is -0.909. The number of aliphatic hydroxyl groups excluding tert-OH is 3. The van der Waals surface area contributed by atoms with Gasteiger partial charge in [-0.05, 0) is 35.8 Å². The Morgan fingerprint density at radius 3 is 2.70 bits per heavy atom. The highest BCUT2D eigenvalue weighted by atomic mass is 33.1. The Morgan fingerprint density at radius 1 is 1.24 bits per heavy atom. The maximum Gasteiger partial charge on any atom is 0.370 e. The summed E-state index contributed by atoms with van der Waals surface area (Å²) in [5.41, 5.74) is 0. The number of hydrogen-bond acceptors (Lipinski definition) is 12.